The van der Waals surface area contributed by atoms with Crippen LogP contribution in [0.4, 0.5) is 11.5 Å². The van der Waals surface area contributed by atoms with Gasteiger partial charge in [0.2, 0.25) is 0 Å². The second kappa shape index (κ2) is 5.88. The Labute approximate surface area is 119 Å². The third-order valence-electron chi connectivity index (χ3n) is 3.64. The second-order valence-corrected chi connectivity index (χ2v) is 5.07. The van der Waals surface area contributed by atoms with Crippen LogP contribution in [0.25, 0.3) is 0 Å². The van der Waals surface area contributed by atoms with Crippen LogP contribution < -0.4 is 10.6 Å². The van der Waals surface area contributed by atoms with E-state index in [0.717, 1.165) is 38.4 Å². The van der Waals surface area contributed by atoms with E-state index in [1.54, 1.807) is 0 Å². The molecule has 104 valence electrons. The molecule has 2 N–H and O–H groups in total. The average molecular weight is 269 g/mol. The molecule has 1 saturated heterocycles. The average Bonchev–Trinajstić information content (AvgIpc) is 2.50. The van der Waals surface area contributed by atoms with Gasteiger partial charge in [-0.15, -0.1) is 0 Å². The predicted molar refractivity (Wildman–Crippen MR) is 80.4 cm³/mol. The first-order valence-electron chi connectivity index (χ1n) is 6.89. The fourth-order valence-electron chi connectivity index (χ4n) is 2.50. The van der Waals surface area contributed by atoms with E-state index in [4.69, 9.17) is 5.73 Å². The highest BCUT2D eigenvalue weighted by atomic mass is 15.3. The van der Waals surface area contributed by atoms with E-state index < -0.39 is 0 Å². The molecule has 0 aliphatic carbocycles. The number of rotatable bonds is 3. The van der Waals surface area contributed by atoms with Gasteiger partial charge < -0.3 is 10.6 Å². The number of hydrogen-bond donors (Lipinski definition) is 1. The lowest BCUT2D eigenvalue weighted by molar-refractivity contribution is 0.249. The smallest absolute Gasteiger partial charge is 0.123 e. The van der Waals surface area contributed by atoms with E-state index in [1.807, 2.05) is 36.8 Å². The number of nitrogens with two attached hydrogens (primary N) is 1. The summed E-state index contributed by atoms with van der Waals surface area (Å²) in [5.41, 5.74) is 8.05. The van der Waals surface area contributed by atoms with Crippen LogP contribution in [0, 0.1) is 0 Å². The van der Waals surface area contributed by atoms with Crippen LogP contribution in [0.3, 0.4) is 0 Å². The van der Waals surface area contributed by atoms with Gasteiger partial charge in [-0.3, -0.25) is 9.88 Å². The molecule has 1 aliphatic heterocycles. The van der Waals surface area contributed by atoms with Crippen molar-refractivity contribution in [2.45, 2.75) is 6.54 Å². The molecule has 5 nitrogen and oxygen atoms in total. The third kappa shape index (κ3) is 3.05. The number of hydrogen-bond acceptors (Lipinski definition) is 5. The van der Waals surface area contributed by atoms with Gasteiger partial charge in [0.25, 0.3) is 0 Å². The summed E-state index contributed by atoms with van der Waals surface area (Å²) in [5, 5.41) is 0. The van der Waals surface area contributed by atoms with Crippen molar-refractivity contribution >= 4 is 11.5 Å². The molecule has 1 fully saturated rings. The lowest BCUT2D eigenvalue weighted by Gasteiger charge is -2.35. The van der Waals surface area contributed by atoms with Gasteiger partial charge in [-0.2, -0.15) is 0 Å². The van der Waals surface area contributed by atoms with Crippen molar-refractivity contribution < 1.29 is 0 Å². The highest BCUT2D eigenvalue weighted by Crippen LogP contribution is 2.17. The zero-order chi connectivity index (χ0) is 13.8. The monoisotopic (exact) mass is 269 g/mol. The first-order chi connectivity index (χ1) is 9.81. The summed E-state index contributed by atoms with van der Waals surface area (Å²) in [5.74, 6) is 0.573. The van der Waals surface area contributed by atoms with E-state index in [1.165, 1.54) is 5.56 Å². The highest BCUT2D eigenvalue weighted by Gasteiger charge is 2.17. The van der Waals surface area contributed by atoms with Crippen molar-refractivity contribution in [3.8, 4) is 0 Å². The normalized spacial score (nSPS) is 16.3. The van der Waals surface area contributed by atoms with E-state index in [-0.39, 0.29) is 0 Å². The molecule has 3 rings (SSSR count). The van der Waals surface area contributed by atoms with Gasteiger partial charge >= 0.3 is 0 Å². The SMILES string of the molecule is Nc1ccc(N2CCN(Cc3cccnc3)CC2)cn1. The molecular weight excluding hydrogens is 250 g/mol. The molecule has 0 aromatic carbocycles. The van der Waals surface area contributed by atoms with Gasteiger partial charge in [0.15, 0.2) is 0 Å². The topological polar surface area (TPSA) is 58.3 Å². The number of pyridine rings is 2. The lowest BCUT2D eigenvalue weighted by Crippen LogP contribution is -2.46. The zero-order valence-electron chi connectivity index (χ0n) is 11.4. The number of aromatic nitrogens is 2. The standard InChI is InChI=1S/C15H19N5/c16-15-4-3-14(11-18-15)20-8-6-19(7-9-20)12-13-2-1-5-17-10-13/h1-5,10-11H,6-9,12H2,(H2,16,18). The molecule has 5 heteroatoms. The minimum Gasteiger partial charge on any atom is -0.384 e. The Balaban J connectivity index is 1.55. The minimum atomic E-state index is 0.573. The molecule has 0 radical (unpaired) electrons. The van der Waals surface area contributed by atoms with Gasteiger partial charge in [-0.05, 0) is 23.8 Å². The first-order valence-corrected chi connectivity index (χ1v) is 6.89. The molecular formula is C15H19N5. The lowest BCUT2D eigenvalue weighted by atomic mass is 10.2. The fourth-order valence-corrected chi connectivity index (χ4v) is 2.50. The zero-order valence-corrected chi connectivity index (χ0v) is 11.4. The van der Waals surface area contributed by atoms with Gasteiger partial charge in [0.05, 0.1) is 11.9 Å². The van der Waals surface area contributed by atoms with Crippen LogP contribution in [-0.2, 0) is 6.54 Å². The number of anilines is 2. The van der Waals surface area contributed by atoms with Crippen LogP contribution in [0.2, 0.25) is 0 Å². The number of nitrogen functional groups attached to an aromatic ring is 1. The van der Waals surface area contributed by atoms with E-state index >= 15 is 0 Å². The van der Waals surface area contributed by atoms with E-state index in [0.29, 0.717) is 5.82 Å². The van der Waals surface area contributed by atoms with Crippen molar-refractivity contribution in [1.82, 2.24) is 14.9 Å². The van der Waals surface area contributed by atoms with Crippen LogP contribution in [0.15, 0.2) is 42.9 Å². The van der Waals surface area contributed by atoms with E-state index in [9.17, 15) is 0 Å². The minimum absolute atomic E-state index is 0.573. The quantitative estimate of drug-likeness (QED) is 0.912. The van der Waals surface area contributed by atoms with Gasteiger partial charge in [0, 0.05) is 45.1 Å². The summed E-state index contributed by atoms with van der Waals surface area (Å²) >= 11 is 0. The Hall–Kier alpha value is -2.14. The molecule has 3 heterocycles. The number of nitrogens with zero attached hydrogens (tertiary/aromatic N) is 4. The fraction of sp³-hybridized carbons (Fsp3) is 0.333. The van der Waals surface area contributed by atoms with Crippen LogP contribution >= 0.6 is 0 Å². The molecule has 2 aromatic rings. The Morgan fingerprint density at radius 3 is 2.55 bits per heavy atom. The first kappa shape index (κ1) is 12.9. The Kier molecular flexibility index (Phi) is 3.78. The molecule has 0 atom stereocenters. The van der Waals surface area contributed by atoms with Crippen LogP contribution in [0.1, 0.15) is 5.56 Å². The maximum atomic E-state index is 5.62. The van der Waals surface area contributed by atoms with Gasteiger partial charge in [0.1, 0.15) is 5.82 Å². The summed E-state index contributed by atoms with van der Waals surface area (Å²) in [6.07, 6.45) is 5.61. The van der Waals surface area contributed by atoms with Crippen molar-refractivity contribution in [2.75, 3.05) is 36.8 Å². The maximum absolute atomic E-state index is 5.62. The summed E-state index contributed by atoms with van der Waals surface area (Å²) in [7, 11) is 0. The van der Waals surface area contributed by atoms with Crippen molar-refractivity contribution in [2.24, 2.45) is 0 Å². The molecule has 0 unspecified atom stereocenters. The summed E-state index contributed by atoms with van der Waals surface area (Å²) < 4.78 is 0. The Morgan fingerprint density at radius 2 is 1.90 bits per heavy atom. The van der Waals surface area contributed by atoms with Crippen LogP contribution in [-0.4, -0.2) is 41.0 Å². The number of piperazine rings is 1. The van der Waals surface area contributed by atoms with Crippen LogP contribution in [0.5, 0.6) is 0 Å². The van der Waals surface area contributed by atoms with Gasteiger partial charge in [-0.25, -0.2) is 4.98 Å². The van der Waals surface area contributed by atoms with Crippen molar-refractivity contribution in [3.05, 3.63) is 48.4 Å². The summed E-state index contributed by atoms with van der Waals surface area (Å²) in [4.78, 5) is 13.1. The summed E-state index contributed by atoms with van der Waals surface area (Å²) in [6.45, 7) is 5.12. The molecule has 2 aromatic heterocycles. The molecule has 0 saturated carbocycles. The summed E-state index contributed by atoms with van der Waals surface area (Å²) in [6, 6.07) is 8.02. The largest absolute Gasteiger partial charge is 0.384 e. The highest BCUT2D eigenvalue weighted by molar-refractivity contribution is 5.48. The predicted octanol–water partition coefficient (Wildman–Crippen LogP) is 1.38. The molecule has 0 bridgehead atoms. The Morgan fingerprint density at radius 1 is 1.05 bits per heavy atom. The Bertz CT molecular complexity index is 532. The third-order valence-corrected chi connectivity index (χ3v) is 3.64. The van der Waals surface area contributed by atoms with E-state index in [2.05, 4.69) is 25.8 Å². The molecule has 20 heavy (non-hydrogen) atoms. The van der Waals surface area contributed by atoms with Crippen molar-refractivity contribution in [1.29, 1.82) is 0 Å². The van der Waals surface area contributed by atoms with Gasteiger partial charge in [-0.1, -0.05) is 6.07 Å². The molecule has 0 spiro atoms. The molecule has 0 amide bonds. The second-order valence-electron chi connectivity index (χ2n) is 5.07. The molecule has 1 aliphatic rings. The van der Waals surface area contributed by atoms with Crippen molar-refractivity contribution in [3.63, 3.8) is 0 Å². The maximum Gasteiger partial charge on any atom is 0.123 e.